The van der Waals surface area contributed by atoms with Crippen LogP contribution in [0.3, 0.4) is 0 Å². The van der Waals surface area contributed by atoms with Gasteiger partial charge in [-0.3, -0.25) is 14.8 Å². The van der Waals surface area contributed by atoms with E-state index in [0.717, 1.165) is 23.7 Å². The van der Waals surface area contributed by atoms with Crippen molar-refractivity contribution in [2.75, 3.05) is 0 Å². The zero-order valence-electron chi connectivity index (χ0n) is 8.67. The van der Waals surface area contributed by atoms with Crippen molar-refractivity contribution < 1.29 is 4.92 Å². The van der Waals surface area contributed by atoms with Gasteiger partial charge in [-0.2, -0.15) is 5.10 Å². The van der Waals surface area contributed by atoms with E-state index in [1.807, 2.05) is 4.68 Å². The maximum absolute atomic E-state index is 10.6. The molecule has 1 aliphatic carbocycles. The van der Waals surface area contributed by atoms with Crippen LogP contribution in [-0.2, 0) is 0 Å². The third-order valence-corrected chi connectivity index (χ3v) is 3.21. The molecule has 1 aliphatic rings. The van der Waals surface area contributed by atoms with Crippen molar-refractivity contribution in [3.63, 3.8) is 0 Å². The fourth-order valence-electron chi connectivity index (χ4n) is 2.08. The Balaban J connectivity index is 2.10. The Morgan fingerprint density at radius 1 is 1.44 bits per heavy atom. The highest BCUT2D eigenvalue weighted by Crippen LogP contribution is 2.34. The van der Waals surface area contributed by atoms with Crippen molar-refractivity contribution in [3.8, 4) is 0 Å². The summed E-state index contributed by atoms with van der Waals surface area (Å²) in [6, 6.07) is 5.40. The highest BCUT2D eigenvalue weighted by molar-refractivity contribution is 5.81. The fourth-order valence-corrected chi connectivity index (χ4v) is 2.08. The van der Waals surface area contributed by atoms with Crippen molar-refractivity contribution in [1.82, 2.24) is 9.78 Å². The van der Waals surface area contributed by atoms with Crippen molar-refractivity contribution in [1.29, 1.82) is 0 Å². The highest BCUT2D eigenvalue weighted by atomic mass is 16.6. The molecule has 0 atom stereocenters. The van der Waals surface area contributed by atoms with Crippen LogP contribution >= 0.6 is 0 Å². The molecule has 5 nitrogen and oxygen atoms in total. The quantitative estimate of drug-likeness (QED) is 0.574. The molecule has 1 heterocycles. The Morgan fingerprint density at radius 2 is 2.25 bits per heavy atom. The van der Waals surface area contributed by atoms with Gasteiger partial charge in [-0.25, -0.2) is 0 Å². The summed E-state index contributed by atoms with van der Waals surface area (Å²) in [7, 11) is 0. The molecule has 1 aromatic carbocycles. The third-order valence-electron chi connectivity index (χ3n) is 3.21. The second-order valence-corrected chi connectivity index (χ2v) is 4.17. The summed E-state index contributed by atoms with van der Waals surface area (Å²) in [5.41, 5.74) is 1.12. The predicted octanol–water partition coefficient (Wildman–Crippen LogP) is 2.67. The second kappa shape index (κ2) is 3.30. The summed E-state index contributed by atoms with van der Waals surface area (Å²) in [5, 5.41) is 15.8. The summed E-state index contributed by atoms with van der Waals surface area (Å²) in [4.78, 5) is 10.3. The van der Waals surface area contributed by atoms with E-state index in [1.165, 1.54) is 6.42 Å². The molecule has 0 spiro atoms. The predicted molar refractivity (Wildman–Crippen MR) is 59.3 cm³/mol. The van der Waals surface area contributed by atoms with Gasteiger partial charge in [-0.05, 0) is 25.3 Å². The van der Waals surface area contributed by atoms with E-state index >= 15 is 0 Å². The number of non-ortho nitro benzene ring substituents is 1. The van der Waals surface area contributed by atoms with Crippen LogP contribution in [0.25, 0.3) is 10.9 Å². The minimum absolute atomic E-state index is 0.126. The number of fused-ring (bicyclic) bond motifs is 1. The normalized spacial score (nSPS) is 16.2. The maximum Gasteiger partial charge on any atom is 0.270 e. The SMILES string of the molecule is O=[N+]([O-])c1ccc2c(cnn2C2CCC2)c1. The summed E-state index contributed by atoms with van der Waals surface area (Å²) in [5.74, 6) is 0. The van der Waals surface area contributed by atoms with E-state index in [9.17, 15) is 10.1 Å². The highest BCUT2D eigenvalue weighted by Gasteiger charge is 2.22. The lowest BCUT2D eigenvalue weighted by molar-refractivity contribution is -0.384. The fraction of sp³-hybridized carbons (Fsp3) is 0.364. The topological polar surface area (TPSA) is 61.0 Å². The molecule has 1 aromatic heterocycles. The molecule has 16 heavy (non-hydrogen) atoms. The lowest BCUT2D eigenvalue weighted by Gasteiger charge is -2.26. The van der Waals surface area contributed by atoms with Crippen LogP contribution < -0.4 is 0 Å². The Labute approximate surface area is 91.8 Å². The number of rotatable bonds is 2. The minimum atomic E-state index is -0.375. The van der Waals surface area contributed by atoms with Crippen LogP contribution in [-0.4, -0.2) is 14.7 Å². The first-order chi connectivity index (χ1) is 7.75. The molecule has 2 aromatic rings. The number of benzene rings is 1. The molecule has 0 amide bonds. The number of nitro benzene ring substituents is 1. The standard InChI is InChI=1S/C11H11N3O2/c15-14(16)10-4-5-11-8(6-10)7-12-13(11)9-2-1-3-9/h4-7,9H,1-3H2. The van der Waals surface area contributed by atoms with E-state index in [2.05, 4.69) is 5.10 Å². The van der Waals surface area contributed by atoms with Crippen LogP contribution in [0.1, 0.15) is 25.3 Å². The molecule has 0 radical (unpaired) electrons. The summed E-state index contributed by atoms with van der Waals surface area (Å²) in [6.07, 6.45) is 5.28. The monoisotopic (exact) mass is 217 g/mol. The van der Waals surface area contributed by atoms with Crippen molar-refractivity contribution in [2.45, 2.75) is 25.3 Å². The van der Waals surface area contributed by atoms with Gasteiger partial charge >= 0.3 is 0 Å². The molecule has 0 aliphatic heterocycles. The molecular weight excluding hydrogens is 206 g/mol. The second-order valence-electron chi connectivity index (χ2n) is 4.17. The molecule has 3 rings (SSSR count). The molecule has 0 bridgehead atoms. The smallest absolute Gasteiger partial charge is 0.262 e. The molecule has 0 N–H and O–H groups in total. The zero-order chi connectivity index (χ0) is 11.1. The molecule has 1 saturated carbocycles. The molecular formula is C11H11N3O2. The summed E-state index contributed by atoms with van der Waals surface area (Å²) >= 11 is 0. The van der Waals surface area contributed by atoms with E-state index in [1.54, 1.807) is 24.4 Å². The van der Waals surface area contributed by atoms with E-state index in [0.29, 0.717) is 6.04 Å². The number of aromatic nitrogens is 2. The first-order valence-corrected chi connectivity index (χ1v) is 5.37. The number of nitrogens with zero attached hydrogens (tertiary/aromatic N) is 3. The number of nitro groups is 1. The lowest BCUT2D eigenvalue weighted by atomic mass is 9.93. The Morgan fingerprint density at radius 3 is 2.88 bits per heavy atom. The van der Waals surface area contributed by atoms with Crippen LogP contribution in [0.5, 0.6) is 0 Å². The van der Waals surface area contributed by atoms with E-state index in [-0.39, 0.29) is 10.6 Å². The number of hydrogen-bond acceptors (Lipinski definition) is 3. The Bertz CT molecular complexity index is 557. The first-order valence-electron chi connectivity index (χ1n) is 5.37. The average Bonchev–Trinajstić information content (AvgIpc) is 2.59. The molecule has 0 unspecified atom stereocenters. The van der Waals surface area contributed by atoms with Gasteiger partial charge < -0.3 is 0 Å². The Kier molecular flexibility index (Phi) is 1.92. The van der Waals surface area contributed by atoms with Gasteiger partial charge in [0.05, 0.1) is 22.7 Å². The lowest BCUT2D eigenvalue weighted by Crippen LogP contribution is -2.17. The van der Waals surface area contributed by atoms with Gasteiger partial charge in [-0.1, -0.05) is 0 Å². The third kappa shape index (κ3) is 1.28. The molecule has 1 fully saturated rings. The van der Waals surface area contributed by atoms with Gasteiger partial charge in [0, 0.05) is 17.5 Å². The van der Waals surface area contributed by atoms with Gasteiger partial charge in [0.25, 0.3) is 5.69 Å². The van der Waals surface area contributed by atoms with E-state index < -0.39 is 0 Å². The average molecular weight is 217 g/mol. The first kappa shape index (κ1) is 9.33. The largest absolute Gasteiger partial charge is 0.270 e. The molecule has 0 saturated heterocycles. The van der Waals surface area contributed by atoms with Crippen molar-refractivity contribution in [3.05, 3.63) is 34.5 Å². The van der Waals surface area contributed by atoms with Crippen molar-refractivity contribution >= 4 is 16.6 Å². The summed E-state index contributed by atoms with van der Waals surface area (Å²) in [6.45, 7) is 0. The van der Waals surface area contributed by atoms with Gasteiger partial charge in [0.1, 0.15) is 0 Å². The van der Waals surface area contributed by atoms with Crippen LogP contribution in [0.15, 0.2) is 24.4 Å². The maximum atomic E-state index is 10.6. The minimum Gasteiger partial charge on any atom is -0.262 e. The molecule has 82 valence electrons. The van der Waals surface area contributed by atoms with E-state index in [4.69, 9.17) is 0 Å². The zero-order valence-corrected chi connectivity index (χ0v) is 8.67. The number of hydrogen-bond donors (Lipinski definition) is 0. The van der Waals surface area contributed by atoms with Gasteiger partial charge in [-0.15, -0.1) is 0 Å². The van der Waals surface area contributed by atoms with Crippen LogP contribution in [0.4, 0.5) is 5.69 Å². The molecule has 5 heteroatoms. The van der Waals surface area contributed by atoms with Crippen LogP contribution in [0, 0.1) is 10.1 Å². The van der Waals surface area contributed by atoms with Crippen molar-refractivity contribution in [2.24, 2.45) is 0 Å². The Hall–Kier alpha value is -1.91. The van der Waals surface area contributed by atoms with Gasteiger partial charge in [0.15, 0.2) is 0 Å². The van der Waals surface area contributed by atoms with Gasteiger partial charge in [0.2, 0.25) is 0 Å². The van der Waals surface area contributed by atoms with Crippen LogP contribution in [0.2, 0.25) is 0 Å². The summed E-state index contributed by atoms with van der Waals surface area (Å²) < 4.78 is 1.99.